The van der Waals surface area contributed by atoms with E-state index in [0.29, 0.717) is 11.6 Å². The third-order valence-corrected chi connectivity index (χ3v) is 2.98. The standard InChI is InChI=1S/C15H14ClNO.BrH/c1-11-5-7-12(8-6-11)15(18)10-17-14-4-2-3-13(16)9-14;/h2-9,17H,10H2,1H3;1H. The van der Waals surface area contributed by atoms with Crippen LogP contribution >= 0.6 is 11.6 Å². The quantitative estimate of drug-likeness (QED) is 0.603. The summed E-state index contributed by atoms with van der Waals surface area (Å²) in [6.45, 7) is 2.40. The molecule has 2 N–H and O–H groups in total. The minimum atomic E-state index is 0. The van der Waals surface area contributed by atoms with Crippen LogP contribution in [0, 0.1) is 6.92 Å². The normalized spacial score (nSPS) is 9.79. The van der Waals surface area contributed by atoms with Gasteiger partial charge in [-0.2, -0.15) is 0 Å². The van der Waals surface area contributed by atoms with Crippen molar-refractivity contribution in [3.05, 3.63) is 64.7 Å². The van der Waals surface area contributed by atoms with Gasteiger partial charge in [0, 0.05) is 16.7 Å². The molecule has 2 rings (SSSR count). The molecule has 0 fully saturated rings. The summed E-state index contributed by atoms with van der Waals surface area (Å²) < 4.78 is 0. The molecule has 0 aliphatic rings. The van der Waals surface area contributed by atoms with Crippen molar-refractivity contribution >= 4 is 23.1 Å². The third-order valence-electron chi connectivity index (χ3n) is 2.75. The van der Waals surface area contributed by atoms with Gasteiger partial charge < -0.3 is 22.3 Å². The molecule has 4 heteroatoms. The van der Waals surface area contributed by atoms with Crippen LogP contribution in [-0.4, -0.2) is 12.3 Å². The molecule has 0 aromatic heterocycles. The van der Waals surface area contributed by atoms with Crippen LogP contribution in [0.4, 0.5) is 5.69 Å². The van der Waals surface area contributed by atoms with Crippen molar-refractivity contribution in [2.24, 2.45) is 0 Å². The molecule has 0 spiro atoms. The Balaban J connectivity index is 0.00000180. The molecule has 0 amide bonds. The van der Waals surface area contributed by atoms with Gasteiger partial charge in [-0.3, -0.25) is 4.79 Å². The number of ketones is 1. The van der Waals surface area contributed by atoms with Gasteiger partial charge in [0.1, 0.15) is 12.2 Å². The lowest BCUT2D eigenvalue weighted by molar-refractivity contribution is -0.557. The molecular weight excluding hydrogens is 326 g/mol. The van der Waals surface area contributed by atoms with Crippen molar-refractivity contribution in [2.75, 3.05) is 6.54 Å². The summed E-state index contributed by atoms with van der Waals surface area (Å²) in [7, 11) is 0. The number of hydrogen-bond donors (Lipinski definition) is 1. The van der Waals surface area contributed by atoms with E-state index in [1.165, 1.54) is 0 Å². The Morgan fingerprint density at radius 1 is 1.16 bits per heavy atom. The molecule has 2 aromatic carbocycles. The second-order valence-electron chi connectivity index (χ2n) is 4.25. The molecule has 0 heterocycles. The maximum absolute atomic E-state index is 11.9. The van der Waals surface area contributed by atoms with Gasteiger partial charge in [-0.05, 0) is 19.1 Å². The van der Waals surface area contributed by atoms with E-state index < -0.39 is 0 Å². The lowest BCUT2D eigenvalue weighted by Crippen LogP contribution is -3.00. The second kappa shape index (κ2) is 7.43. The SMILES string of the molecule is Cc1ccc(C(=O)C[NH2+]c2cccc(Cl)c2)cc1.[Br-]. The molecule has 0 saturated carbocycles. The Morgan fingerprint density at radius 2 is 1.84 bits per heavy atom. The Labute approximate surface area is 128 Å². The number of quaternary nitrogens is 1. The molecule has 0 radical (unpaired) electrons. The highest BCUT2D eigenvalue weighted by atomic mass is 79.9. The summed E-state index contributed by atoms with van der Waals surface area (Å²) in [5.41, 5.74) is 2.88. The molecule has 2 aromatic rings. The first-order chi connectivity index (χ1) is 8.65. The average molecular weight is 341 g/mol. The first-order valence-electron chi connectivity index (χ1n) is 5.84. The van der Waals surface area contributed by atoms with Gasteiger partial charge >= 0.3 is 0 Å². The van der Waals surface area contributed by atoms with Crippen molar-refractivity contribution in [1.82, 2.24) is 0 Å². The fourth-order valence-electron chi connectivity index (χ4n) is 1.70. The molecule has 19 heavy (non-hydrogen) atoms. The van der Waals surface area contributed by atoms with Gasteiger partial charge in [-0.15, -0.1) is 0 Å². The zero-order chi connectivity index (χ0) is 13.0. The average Bonchev–Trinajstić information content (AvgIpc) is 2.37. The van der Waals surface area contributed by atoms with Crippen LogP contribution < -0.4 is 22.3 Å². The fourth-order valence-corrected chi connectivity index (χ4v) is 1.90. The molecule has 0 atom stereocenters. The number of carbonyl (C=O) groups is 1. The van der Waals surface area contributed by atoms with Gasteiger partial charge in [0.05, 0.1) is 0 Å². The number of Topliss-reactive ketones (excluding diaryl/α,β-unsaturated/α-hetero) is 1. The highest BCUT2D eigenvalue weighted by Gasteiger charge is 2.08. The summed E-state index contributed by atoms with van der Waals surface area (Å²) in [6, 6.07) is 15.1. The Morgan fingerprint density at radius 3 is 2.47 bits per heavy atom. The molecule has 0 aliphatic carbocycles. The zero-order valence-electron chi connectivity index (χ0n) is 10.6. The van der Waals surface area contributed by atoms with Crippen LogP contribution in [0.15, 0.2) is 48.5 Å². The number of carbonyl (C=O) groups excluding carboxylic acids is 1. The minimum Gasteiger partial charge on any atom is -1.00 e. The number of halogens is 2. The van der Waals surface area contributed by atoms with Crippen molar-refractivity contribution in [3.8, 4) is 0 Å². The van der Waals surface area contributed by atoms with E-state index in [1.807, 2.05) is 60.8 Å². The molecule has 0 aliphatic heterocycles. The van der Waals surface area contributed by atoms with E-state index in [0.717, 1.165) is 16.8 Å². The number of hydrogen-bond acceptors (Lipinski definition) is 1. The van der Waals surface area contributed by atoms with Gasteiger partial charge in [-0.25, -0.2) is 0 Å². The van der Waals surface area contributed by atoms with Gasteiger partial charge in [0.2, 0.25) is 5.78 Å². The molecule has 2 nitrogen and oxygen atoms in total. The van der Waals surface area contributed by atoms with Crippen LogP contribution in [-0.2, 0) is 0 Å². The largest absolute Gasteiger partial charge is 1.00 e. The summed E-state index contributed by atoms with van der Waals surface area (Å²) in [6.07, 6.45) is 0. The lowest BCUT2D eigenvalue weighted by Gasteiger charge is -2.02. The van der Waals surface area contributed by atoms with Crippen molar-refractivity contribution in [2.45, 2.75) is 6.92 Å². The number of nitrogens with two attached hydrogens (primary N) is 1. The Hall–Kier alpha value is -1.16. The molecular formula is C15H15BrClNO. The van der Waals surface area contributed by atoms with Crippen LogP contribution in [0.3, 0.4) is 0 Å². The van der Waals surface area contributed by atoms with Crippen molar-refractivity contribution < 1.29 is 27.1 Å². The van der Waals surface area contributed by atoms with Gasteiger partial charge in [-0.1, -0.05) is 47.5 Å². The zero-order valence-corrected chi connectivity index (χ0v) is 12.9. The van der Waals surface area contributed by atoms with Crippen molar-refractivity contribution in [1.29, 1.82) is 0 Å². The maximum atomic E-state index is 11.9. The van der Waals surface area contributed by atoms with E-state index in [1.54, 1.807) is 0 Å². The monoisotopic (exact) mass is 339 g/mol. The number of rotatable bonds is 4. The molecule has 0 unspecified atom stereocenters. The van der Waals surface area contributed by atoms with E-state index in [9.17, 15) is 4.79 Å². The number of benzene rings is 2. The number of aryl methyl sites for hydroxylation is 1. The van der Waals surface area contributed by atoms with E-state index in [4.69, 9.17) is 11.6 Å². The second-order valence-corrected chi connectivity index (χ2v) is 4.69. The van der Waals surface area contributed by atoms with Crippen molar-refractivity contribution in [3.63, 3.8) is 0 Å². The molecule has 0 saturated heterocycles. The first-order valence-corrected chi connectivity index (χ1v) is 6.21. The van der Waals surface area contributed by atoms with Gasteiger partial charge in [0.15, 0.2) is 0 Å². The highest BCUT2D eigenvalue weighted by molar-refractivity contribution is 6.30. The van der Waals surface area contributed by atoms with Crippen LogP contribution in [0.25, 0.3) is 0 Å². The lowest BCUT2D eigenvalue weighted by atomic mass is 10.1. The summed E-state index contributed by atoms with van der Waals surface area (Å²) in [5.74, 6) is 0.120. The van der Waals surface area contributed by atoms with E-state index in [-0.39, 0.29) is 22.8 Å². The highest BCUT2D eigenvalue weighted by Crippen LogP contribution is 2.10. The van der Waals surface area contributed by atoms with E-state index >= 15 is 0 Å². The maximum Gasteiger partial charge on any atom is 0.217 e. The van der Waals surface area contributed by atoms with Crippen LogP contribution in [0.2, 0.25) is 5.02 Å². The van der Waals surface area contributed by atoms with Crippen LogP contribution in [0.1, 0.15) is 15.9 Å². The topological polar surface area (TPSA) is 33.7 Å². The summed E-state index contributed by atoms with van der Waals surface area (Å²) in [5, 5.41) is 2.58. The molecule has 0 bridgehead atoms. The minimum absolute atomic E-state index is 0. The van der Waals surface area contributed by atoms with Crippen LogP contribution in [0.5, 0.6) is 0 Å². The fraction of sp³-hybridized carbons (Fsp3) is 0.133. The van der Waals surface area contributed by atoms with Gasteiger partial charge in [0.25, 0.3) is 0 Å². The van der Waals surface area contributed by atoms with E-state index in [2.05, 4.69) is 0 Å². The predicted molar refractivity (Wildman–Crippen MR) is 73.4 cm³/mol. The predicted octanol–water partition coefficient (Wildman–Crippen LogP) is -0.270. The first kappa shape index (κ1) is 15.9. The molecule has 100 valence electrons. The Kier molecular flexibility index (Phi) is 6.22. The summed E-state index contributed by atoms with van der Waals surface area (Å²) >= 11 is 5.89. The smallest absolute Gasteiger partial charge is 0.217 e. The third kappa shape index (κ3) is 4.78. The summed E-state index contributed by atoms with van der Waals surface area (Å²) in [4.78, 5) is 11.9. The Bertz CT molecular complexity index is 554.